The molecule has 0 radical (unpaired) electrons. The normalized spacial score (nSPS) is 13.7. The minimum Gasteiger partial charge on any atom is -0.544 e. The van der Waals surface area contributed by atoms with Crippen LogP contribution in [0.25, 0.3) is 0 Å². The molecule has 0 spiro atoms. The number of aliphatic carboxylic acids is 1. The van der Waals surface area contributed by atoms with E-state index < -0.39 is 18.1 Å². The van der Waals surface area contributed by atoms with Crippen LogP contribution in [0.4, 0.5) is 0 Å². The third-order valence-electron chi connectivity index (χ3n) is 9.55. The predicted molar refractivity (Wildman–Crippen MR) is 240 cm³/mol. The maximum absolute atomic E-state index is 12.7. The van der Waals surface area contributed by atoms with Gasteiger partial charge in [-0.3, -0.25) is 9.59 Å². The molecule has 2 atom stereocenters. The molecule has 8 heteroatoms. The third-order valence-corrected chi connectivity index (χ3v) is 9.55. The van der Waals surface area contributed by atoms with Crippen LogP contribution in [0, 0.1) is 0 Å². The predicted octanol–water partition coefficient (Wildman–Crippen LogP) is 11.2. The number of unbranched alkanes of at least 4 members (excludes halogenated alkanes) is 11. The van der Waals surface area contributed by atoms with Crippen molar-refractivity contribution in [1.82, 2.24) is 0 Å². The number of hydrogen-bond donors (Lipinski definition) is 0. The maximum Gasteiger partial charge on any atom is 0.306 e. The fourth-order valence-corrected chi connectivity index (χ4v) is 6.06. The van der Waals surface area contributed by atoms with Gasteiger partial charge in [-0.25, -0.2) is 0 Å². The molecule has 0 aromatic heterocycles. The number of ether oxygens (including phenoxy) is 3. The van der Waals surface area contributed by atoms with Crippen molar-refractivity contribution < 1.29 is 38.2 Å². The highest BCUT2D eigenvalue weighted by atomic mass is 16.6. The first-order valence-electron chi connectivity index (χ1n) is 22.6. The Bertz CT molecular complexity index is 1220. The lowest BCUT2D eigenvalue weighted by Crippen LogP contribution is -2.55. The monoisotopic (exact) mass is 810 g/mol. The molecule has 0 fully saturated rings. The van der Waals surface area contributed by atoms with Gasteiger partial charge in [0.15, 0.2) is 6.10 Å². The van der Waals surface area contributed by atoms with E-state index in [9.17, 15) is 19.5 Å². The van der Waals surface area contributed by atoms with Gasteiger partial charge in [-0.05, 0) is 64.2 Å². The second-order valence-corrected chi connectivity index (χ2v) is 15.9. The first kappa shape index (κ1) is 54.5. The molecule has 0 aliphatic rings. The lowest BCUT2D eigenvalue weighted by Gasteiger charge is -2.34. The molecular formula is C50H83NO7. The second kappa shape index (κ2) is 40.3. The molecule has 0 aromatic rings. The molecule has 0 saturated heterocycles. The summed E-state index contributed by atoms with van der Waals surface area (Å²) in [6.07, 6.45) is 51.9. The van der Waals surface area contributed by atoms with Crippen molar-refractivity contribution in [2.75, 3.05) is 41.0 Å². The highest BCUT2D eigenvalue weighted by Gasteiger charge is 2.25. The summed E-state index contributed by atoms with van der Waals surface area (Å²) in [5, 5.41) is 11.6. The molecule has 0 heterocycles. The lowest BCUT2D eigenvalue weighted by molar-refractivity contribution is -0.889. The number of esters is 2. The SMILES string of the molecule is CC/C=C/C/C=C/C/C=C/C/C=C/C/C=C/C/C=C/C/C=C/CCCC(=O)OC(COCCC(C(=O)[O-])[N+](C)(C)C)COC(=O)CCCCCCCCCCCCC. The van der Waals surface area contributed by atoms with Gasteiger partial charge >= 0.3 is 11.9 Å². The molecule has 58 heavy (non-hydrogen) atoms. The van der Waals surface area contributed by atoms with E-state index in [-0.39, 0.29) is 49.1 Å². The zero-order valence-corrected chi connectivity index (χ0v) is 37.4. The van der Waals surface area contributed by atoms with Crippen LogP contribution in [0.1, 0.15) is 162 Å². The molecular weight excluding hydrogens is 727 g/mol. The lowest BCUT2D eigenvalue weighted by atomic mass is 10.1. The Hall–Kier alpha value is -3.49. The highest BCUT2D eigenvalue weighted by molar-refractivity contribution is 5.70. The van der Waals surface area contributed by atoms with Crippen molar-refractivity contribution in [2.24, 2.45) is 0 Å². The van der Waals surface area contributed by atoms with Crippen LogP contribution in [-0.4, -0.2) is 75.5 Å². The van der Waals surface area contributed by atoms with Gasteiger partial charge in [0, 0.05) is 19.3 Å². The summed E-state index contributed by atoms with van der Waals surface area (Å²) < 4.78 is 17.1. The zero-order valence-electron chi connectivity index (χ0n) is 37.4. The van der Waals surface area contributed by atoms with E-state index >= 15 is 0 Å². The summed E-state index contributed by atoms with van der Waals surface area (Å²) in [6.45, 7) is 4.46. The minimum atomic E-state index is -1.14. The number of likely N-dealkylation sites (N-methyl/N-ethyl adjacent to an activating group) is 1. The van der Waals surface area contributed by atoms with Gasteiger partial charge in [0.2, 0.25) is 0 Å². The first-order valence-corrected chi connectivity index (χ1v) is 22.6. The van der Waals surface area contributed by atoms with Crippen molar-refractivity contribution in [3.05, 3.63) is 85.1 Å². The molecule has 0 aliphatic heterocycles. The highest BCUT2D eigenvalue weighted by Crippen LogP contribution is 2.13. The van der Waals surface area contributed by atoms with Gasteiger partial charge in [0.05, 0.1) is 40.3 Å². The van der Waals surface area contributed by atoms with E-state index in [1.54, 1.807) is 21.1 Å². The molecule has 0 amide bonds. The van der Waals surface area contributed by atoms with Crippen molar-refractivity contribution in [3.8, 4) is 0 Å². The summed E-state index contributed by atoms with van der Waals surface area (Å²) in [5.41, 5.74) is 0. The van der Waals surface area contributed by atoms with Gasteiger partial charge in [-0.2, -0.15) is 0 Å². The molecule has 0 bridgehead atoms. The van der Waals surface area contributed by atoms with E-state index in [4.69, 9.17) is 14.2 Å². The van der Waals surface area contributed by atoms with Gasteiger partial charge < -0.3 is 28.6 Å². The average Bonchev–Trinajstić information content (AvgIpc) is 3.18. The van der Waals surface area contributed by atoms with E-state index in [2.05, 4.69) is 98.9 Å². The number of allylic oxidation sites excluding steroid dienone is 14. The van der Waals surface area contributed by atoms with Crippen molar-refractivity contribution >= 4 is 17.9 Å². The van der Waals surface area contributed by atoms with Crippen LogP contribution in [0.3, 0.4) is 0 Å². The Morgan fingerprint density at radius 2 is 0.966 bits per heavy atom. The quantitative estimate of drug-likeness (QED) is 0.0264. The summed E-state index contributed by atoms with van der Waals surface area (Å²) >= 11 is 0. The summed E-state index contributed by atoms with van der Waals surface area (Å²) in [6, 6.07) is -0.739. The number of carboxylic acid groups (broad SMARTS) is 1. The largest absolute Gasteiger partial charge is 0.544 e. The van der Waals surface area contributed by atoms with Gasteiger partial charge in [0.25, 0.3) is 0 Å². The second-order valence-electron chi connectivity index (χ2n) is 15.9. The van der Waals surface area contributed by atoms with Gasteiger partial charge in [-0.15, -0.1) is 0 Å². The topological polar surface area (TPSA) is 102 Å². The number of quaternary nitrogens is 1. The average molecular weight is 810 g/mol. The van der Waals surface area contributed by atoms with Crippen LogP contribution < -0.4 is 5.11 Å². The van der Waals surface area contributed by atoms with Crippen LogP contribution in [0.15, 0.2) is 85.1 Å². The summed E-state index contributed by atoms with van der Waals surface area (Å²) in [7, 11) is 5.38. The number of carbonyl (C=O) groups excluding carboxylic acids is 3. The fraction of sp³-hybridized carbons (Fsp3) is 0.660. The van der Waals surface area contributed by atoms with Gasteiger partial charge in [-0.1, -0.05) is 163 Å². The number of hydrogen-bond acceptors (Lipinski definition) is 7. The molecule has 0 aliphatic carbocycles. The molecule has 8 nitrogen and oxygen atoms in total. The number of carboxylic acids is 1. The summed E-state index contributed by atoms with van der Waals surface area (Å²) in [4.78, 5) is 36.8. The smallest absolute Gasteiger partial charge is 0.306 e. The molecule has 2 unspecified atom stereocenters. The van der Waals surface area contributed by atoms with Gasteiger partial charge in [0.1, 0.15) is 12.6 Å². The van der Waals surface area contributed by atoms with Crippen LogP contribution >= 0.6 is 0 Å². The first-order chi connectivity index (χ1) is 28.1. The molecule has 330 valence electrons. The van der Waals surface area contributed by atoms with E-state index in [1.807, 2.05) is 0 Å². The number of rotatable bonds is 39. The zero-order chi connectivity index (χ0) is 42.8. The maximum atomic E-state index is 12.7. The Morgan fingerprint density at radius 3 is 1.41 bits per heavy atom. The van der Waals surface area contributed by atoms with E-state index in [1.165, 1.54) is 51.4 Å². The number of carbonyl (C=O) groups is 3. The number of nitrogens with zero attached hydrogens (tertiary/aromatic N) is 1. The van der Waals surface area contributed by atoms with Crippen molar-refractivity contribution in [3.63, 3.8) is 0 Å². The summed E-state index contributed by atoms with van der Waals surface area (Å²) in [5.74, 6) is -1.82. The van der Waals surface area contributed by atoms with Crippen molar-refractivity contribution in [2.45, 2.75) is 174 Å². The fourth-order valence-electron chi connectivity index (χ4n) is 6.06. The van der Waals surface area contributed by atoms with Crippen LogP contribution in [-0.2, 0) is 28.6 Å². The Kier molecular flexibility index (Phi) is 37.9. The van der Waals surface area contributed by atoms with Crippen LogP contribution in [0.2, 0.25) is 0 Å². The molecule has 0 N–H and O–H groups in total. The van der Waals surface area contributed by atoms with Crippen LogP contribution in [0.5, 0.6) is 0 Å². The Balaban J connectivity index is 4.43. The molecule has 0 saturated carbocycles. The Morgan fingerprint density at radius 1 is 0.534 bits per heavy atom. The minimum absolute atomic E-state index is 0.0141. The standard InChI is InChI=1S/C50H83NO7/c1-6-8-10-12-14-16-18-19-20-21-22-23-24-25-26-27-28-29-31-33-35-37-39-41-49(53)58-46(44-56-43-42-47(50(54)55)51(3,4)5)45-57-48(52)40-38-36-34-32-30-17-15-13-11-9-7-2/h8,10,14,16,19-20,22-23,25-26,28-29,33,35,46-47H,6-7,9,11-13,15,17-18,21,24,27,30-32,34,36-45H2,1-5H3/b10-8+,16-14+,20-19+,23-22+,26-25+,29-28+,35-33+. The molecule has 0 aromatic carbocycles. The van der Waals surface area contributed by atoms with E-state index in [0.717, 1.165) is 70.6 Å². The Labute approximate surface area is 354 Å². The third kappa shape index (κ3) is 38.1. The van der Waals surface area contributed by atoms with Crippen molar-refractivity contribution in [1.29, 1.82) is 0 Å². The molecule has 0 rings (SSSR count). The van der Waals surface area contributed by atoms with E-state index in [0.29, 0.717) is 12.8 Å².